The SMILES string of the molecule is CS(=O)(=O)c1ccc(OCCNC(=O)c2cc(-c3cccc(Cl)c3)no2)cc1. The number of nitrogens with one attached hydrogen (secondary N) is 1. The summed E-state index contributed by atoms with van der Waals surface area (Å²) in [5, 5.41) is 7.10. The van der Waals surface area contributed by atoms with E-state index in [1.54, 1.807) is 30.3 Å². The summed E-state index contributed by atoms with van der Waals surface area (Å²) >= 11 is 5.95. The zero-order chi connectivity index (χ0) is 20.1. The van der Waals surface area contributed by atoms with E-state index in [-0.39, 0.29) is 23.8 Å². The summed E-state index contributed by atoms with van der Waals surface area (Å²) < 4.78 is 33.4. The number of rotatable bonds is 7. The Morgan fingerprint density at radius 1 is 1.18 bits per heavy atom. The van der Waals surface area contributed by atoms with Crippen LogP contribution in [0, 0.1) is 0 Å². The Labute approximate surface area is 167 Å². The highest BCUT2D eigenvalue weighted by Crippen LogP contribution is 2.22. The molecule has 28 heavy (non-hydrogen) atoms. The summed E-state index contributed by atoms with van der Waals surface area (Å²) in [5.74, 6) is 0.161. The van der Waals surface area contributed by atoms with Gasteiger partial charge in [0.25, 0.3) is 5.91 Å². The molecule has 146 valence electrons. The van der Waals surface area contributed by atoms with Crippen molar-refractivity contribution in [3.05, 3.63) is 65.4 Å². The minimum atomic E-state index is -3.24. The number of halogens is 1. The van der Waals surface area contributed by atoms with Gasteiger partial charge in [-0.15, -0.1) is 0 Å². The standard InChI is InChI=1S/C19H17ClN2O5S/c1-28(24,25)16-7-5-15(6-8-16)26-10-9-21-19(23)18-12-17(22-27-18)13-3-2-4-14(20)11-13/h2-8,11-12H,9-10H2,1H3,(H,21,23). The Morgan fingerprint density at radius 3 is 2.61 bits per heavy atom. The highest BCUT2D eigenvalue weighted by Gasteiger charge is 2.14. The zero-order valence-electron chi connectivity index (χ0n) is 14.9. The van der Waals surface area contributed by atoms with E-state index in [2.05, 4.69) is 10.5 Å². The van der Waals surface area contributed by atoms with Gasteiger partial charge in [-0.05, 0) is 36.4 Å². The number of aromatic nitrogens is 1. The number of benzene rings is 2. The average Bonchev–Trinajstić information content (AvgIpc) is 3.15. The van der Waals surface area contributed by atoms with E-state index in [1.165, 1.54) is 18.2 Å². The van der Waals surface area contributed by atoms with E-state index in [1.807, 2.05) is 6.07 Å². The molecule has 7 nitrogen and oxygen atoms in total. The molecule has 2 aromatic carbocycles. The molecule has 0 unspecified atom stereocenters. The first-order valence-corrected chi connectivity index (χ1v) is 10.5. The molecule has 9 heteroatoms. The number of sulfone groups is 1. The Morgan fingerprint density at radius 2 is 1.93 bits per heavy atom. The van der Waals surface area contributed by atoms with E-state index in [4.69, 9.17) is 20.9 Å². The molecular weight excluding hydrogens is 404 g/mol. The van der Waals surface area contributed by atoms with Crippen molar-refractivity contribution in [1.29, 1.82) is 0 Å². The average molecular weight is 421 g/mol. The maximum absolute atomic E-state index is 12.1. The molecule has 0 saturated heterocycles. The molecule has 0 spiro atoms. The number of hydrogen-bond donors (Lipinski definition) is 1. The predicted molar refractivity (Wildman–Crippen MR) is 104 cm³/mol. The molecule has 0 radical (unpaired) electrons. The topological polar surface area (TPSA) is 98.5 Å². The third-order valence-corrected chi connectivity index (χ3v) is 5.13. The Balaban J connectivity index is 1.50. The van der Waals surface area contributed by atoms with Crippen LogP contribution in [0.3, 0.4) is 0 Å². The van der Waals surface area contributed by atoms with Crippen molar-refractivity contribution in [3.63, 3.8) is 0 Å². The van der Waals surface area contributed by atoms with Crippen LogP contribution in [0.5, 0.6) is 5.75 Å². The first kappa shape index (κ1) is 19.9. The monoisotopic (exact) mass is 420 g/mol. The lowest BCUT2D eigenvalue weighted by Crippen LogP contribution is -2.27. The molecule has 0 atom stereocenters. The Kier molecular flexibility index (Phi) is 6.01. The molecule has 0 saturated carbocycles. The van der Waals surface area contributed by atoms with Gasteiger partial charge in [-0.1, -0.05) is 28.9 Å². The van der Waals surface area contributed by atoms with Crippen LogP contribution in [0.2, 0.25) is 5.02 Å². The molecule has 0 aliphatic carbocycles. The molecule has 1 aromatic heterocycles. The summed E-state index contributed by atoms with van der Waals surface area (Å²) in [6, 6.07) is 14.7. The van der Waals surface area contributed by atoms with Gasteiger partial charge in [-0.25, -0.2) is 8.42 Å². The van der Waals surface area contributed by atoms with Crippen LogP contribution in [0.25, 0.3) is 11.3 Å². The number of carbonyl (C=O) groups is 1. The maximum Gasteiger partial charge on any atom is 0.290 e. The highest BCUT2D eigenvalue weighted by atomic mass is 35.5. The molecule has 0 aliphatic rings. The van der Waals surface area contributed by atoms with Gasteiger partial charge in [-0.3, -0.25) is 4.79 Å². The van der Waals surface area contributed by atoms with Crippen molar-refractivity contribution in [2.75, 3.05) is 19.4 Å². The summed E-state index contributed by atoms with van der Waals surface area (Å²) in [4.78, 5) is 12.3. The molecule has 0 bridgehead atoms. The van der Waals surface area contributed by atoms with E-state index in [0.29, 0.717) is 16.5 Å². The normalized spacial score (nSPS) is 11.2. The minimum Gasteiger partial charge on any atom is -0.492 e. The Bertz CT molecular complexity index is 1080. The lowest BCUT2D eigenvalue weighted by molar-refractivity contribution is 0.0910. The highest BCUT2D eigenvalue weighted by molar-refractivity contribution is 7.90. The second-order valence-electron chi connectivity index (χ2n) is 5.93. The quantitative estimate of drug-likeness (QED) is 0.589. The summed E-state index contributed by atoms with van der Waals surface area (Å²) in [6.45, 7) is 0.444. The van der Waals surface area contributed by atoms with Crippen molar-refractivity contribution in [1.82, 2.24) is 10.5 Å². The first-order chi connectivity index (χ1) is 13.3. The molecule has 0 fully saturated rings. The maximum atomic E-state index is 12.1. The minimum absolute atomic E-state index is 0.0764. The van der Waals surface area contributed by atoms with Crippen molar-refractivity contribution in [2.45, 2.75) is 4.90 Å². The summed E-state index contributed by atoms with van der Waals surface area (Å²) in [5.41, 5.74) is 1.26. The van der Waals surface area contributed by atoms with Gasteiger partial charge >= 0.3 is 0 Å². The van der Waals surface area contributed by atoms with Gasteiger partial charge in [0.1, 0.15) is 18.1 Å². The fourth-order valence-electron chi connectivity index (χ4n) is 2.37. The molecule has 1 heterocycles. The van der Waals surface area contributed by atoms with Crippen LogP contribution in [-0.2, 0) is 9.84 Å². The number of nitrogens with zero attached hydrogens (tertiary/aromatic N) is 1. The molecule has 1 amide bonds. The first-order valence-electron chi connectivity index (χ1n) is 8.27. The lowest BCUT2D eigenvalue weighted by Gasteiger charge is -2.07. The van der Waals surface area contributed by atoms with Crippen molar-refractivity contribution in [3.8, 4) is 17.0 Å². The van der Waals surface area contributed by atoms with E-state index < -0.39 is 15.7 Å². The van der Waals surface area contributed by atoms with Crippen LogP contribution in [0.15, 0.2) is 64.0 Å². The Hall–Kier alpha value is -2.84. The largest absolute Gasteiger partial charge is 0.492 e. The van der Waals surface area contributed by atoms with Crippen molar-refractivity contribution in [2.24, 2.45) is 0 Å². The zero-order valence-corrected chi connectivity index (χ0v) is 16.5. The summed E-state index contributed by atoms with van der Waals surface area (Å²) in [7, 11) is -3.24. The lowest BCUT2D eigenvalue weighted by atomic mass is 10.1. The molecule has 0 aliphatic heterocycles. The third kappa shape index (κ3) is 5.11. The molecule has 1 N–H and O–H groups in total. The number of hydrogen-bond acceptors (Lipinski definition) is 6. The third-order valence-electron chi connectivity index (χ3n) is 3.76. The van der Waals surface area contributed by atoms with Crippen molar-refractivity contribution < 1.29 is 22.5 Å². The fourth-order valence-corrected chi connectivity index (χ4v) is 3.19. The predicted octanol–water partition coefficient (Wildman–Crippen LogP) is 3.21. The van der Waals surface area contributed by atoms with E-state index >= 15 is 0 Å². The number of amides is 1. The van der Waals surface area contributed by atoms with Gasteiger partial charge in [0.05, 0.1) is 11.4 Å². The summed E-state index contributed by atoms with van der Waals surface area (Å²) in [6.07, 6.45) is 1.14. The van der Waals surface area contributed by atoms with Gasteiger partial charge in [-0.2, -0.15) is 0 Å². The van der Waals surface area contributed by atoms with Crippen LogP contribution >= 0.6 is 11.6 Å². The molecule has 3 rings (SSSR count). The van der Waals surface area contributed by atoms with E-state index in [9.17, 15) is 13.2 Å². The van der Waals surface area contributed by atoms with Crippen LogP contribution < -0.4 is 10.1 Å². The van der Waals surface area contributed by atoms with Crippen LogP contribution in [-0.4, -0.2) is 38.9 Å². The number of ether oxygens (including phenoxy) is 1. The molecule has 3 aromatic rings. The van der Waals surface area contributed by atoms with Crippen molar-refractivity contribution >= 4 is 27.3 Å². The van der Waals surface area contributed by atoms with Gasteiger partial charge < -0.3 is 14.6 Å². The number of carbonyl (C=O) groups excluding carboxylic acids is 1. The van der Waals surface area contributed by atoms with Gasteiger partial charge in [0.15, 0.2) is 9.84 Å². The molecular formula is C19H17ClN2O5S. The van der Waals surface area contributed by atoms with Crippen LogP contribution in [0.4, 0.5) is 0 Å². The second kappa shape index (κ2) is 8.45. The smallest absolute Gasteiger partial charge is 0.290 e. The van der Waals surface area contributed by atoms with Gasteiger partial charge in [0, 0.05) is 22.9 Å². The fraction of sp³-hybridized carbons (Fsp3) is 0.158. The van der Waals surface area contributed by atoms with E-state index in [0.717, 1.165) is 11.8 Å². The second-order valence-corrected chi connectivity index (χ2v) is 8.39. The van der Waals surface area contributed by atoms with Crippen LogP contribution in [0.1, 0.15) is 10.6 Å². The van der Waals surface area contributed by atoms with Gasteiger partial charge in [0.2, 0.25) is 5.76 Å².